The Morgan fingerprint density at radius 3 is 2.48 bits per heavy atom. The van der Waals surface area contributed by atoms with E-state index in [4.69, 9.17) is 18.9 Å². The summed E-state index contributed by atoms with van der Waals surface area (Å²) in [5.74, 6) is 2.82. The molecule has 5 heteroatoms. The molecule has 3 saturated carbocycles. The molecule has 3 unspecified atom stereocenters. The highest BCUT2D eigenvalue weighted by molar-refractivity contribution is 9.09. The van der Waals surface area contributed by atoms with Gasteiger partial charge < -0.3 is 18.9 Å². The highest BCUT2D eigenvalue weighted by Crippen LogP contribution is 2.66. The summed E-state index contributed by atoms with van der Waals surface area (Å²) < 4.78 is 22.9. The maximum absolute atomic E-state index is 6.36. The van der Waals surface area contributed by atoms with Crippen LogP contribution in [0.2, 0.25) is 0 Å². The minimum absolute atomic E-state index is 0.0238. The van der Waals surface area contributed by atoms with Crippen LogP contribution in [0, 0.1) is 34.5 Å². The number of alkyl halides is 1. The van der Waals surface area contributed by atoms with Gasteiger partial charge in [0.2, 0.25) is 0 Å². The second kappa shape index (κ2) is 9.58. The van der Waals surface area contributed by atoms with Crippen molar-refractivity contribution < 1.29 is 18.9 Å². The van der Waals surface area contributed by atoms with E-state index in [2.05, 4.69) is 48.9 Å². The Hall–Kier alpha value is -0.200. The van der Waals surface area contributed by atoms with Gasteiger partial charge in [0.05, 0.1) is 12.2 Å². The summed E-state index contributed by atoms with van der Waals surface area (Å²) in [6.07, 6.45) is 12.3. The van der Waals surface area contributed by atoms with Crippen LogP contribution in [-0.4, -0.2) is 45.3 Å². The lowest BCUT2D eigenvalue weighted by Gasteiger charge is -2.57. The number of hydrogen-bond donors (Lipinski definition) is 0. The molecule has 0 radical (unpaired) electrons. The first kappa shape index (κ1) is 23.9. The molecular formula is C26H41BrO4. The molecule has 8 atom stereocenters. The van der Waals surface area contributed by atoms with E-state index in [-0.39, 0.29) is 17.6 Å². The number of ether oxygens (including phenoxy) is 4. The van der Waals surface area contributed by atoms with E-state index in [9.17, 15) is 0 Å². The SMILES string of the molecule is COCOC1CC2=CC=C3[C@@H]4CC[C@H](C(C)CBr)[C@@]4(C)CC[C@@H]3[C@@]2(C)C(OCOC)C1. The van der Waals surface area contributed by atoms with Gasteiger partial charge in [-0.25, -0.2) is 0 Å². The molecule has 4 aliphatic rings. The van der Waals surface area contributed by atoms with E-state index < -0.39 is 0 Å². The Bertz CT molecular complexity index is 706. The quantitative estimate of drug-likeness (QED) is 0.300. The largest absolute Gasteiger partial charge is 0.359 e. The Morgan fingerprint density at radius 2 is 1.77 bits per heavy atom. The molecule has 0 saturated heterocycles. The van der Waals surface area contributed by atoms with Crippen molar-refractivity contribution in [1.29, 1.82) is 0 Å². The number of rotatable bonds is 8. The van der Waals surface area contributed by atoms with Crippen LogP contribution in [0.4, 0.5) is 0 Å². The van der Waals surface area contributed by atoms with Crippen LogP contribution >= 0.6 is 15.9 Å². The number of methoxy groups -OCH3 is 2. The van der Waals surface area contributed by atoms with Crippen molar-refractivity contribution >= 4 is 15.9 Å². The van der Waals surface area contributed by atoms with Crippen molar-refractivity contribution in [2.45, 2.75) is 71.5 Å². The molecular weight excluding hydrogens is 456 g/mol. The highest BCUT2D eigenvalue weighted by atomic mass is 79.9. The van der Waals surface area contributed by atoms with Gasteiger partial charge in [-0.3, -0.25) is 0 Å². The van der Waals surface area contributed by atoms with Gasteiger partial charge in [-0.2, -0.15) is 0 Å². The molecule has 3 fully saturated rings. The lowest BCUT2D eigenvalue weighted by Crippen LogP contribution is -2.53. The van der Waals surface area contributed by atoms with Crippen LogP contribution in [0.1, 0.15) is 59.3 Å². The zero-order valence-electron chi connectivity index (χ0n) is 20.0. The smallest absolute Gasteiger partial charge is 0.146 e. The number of allylic oxidation sites excluding steroid dienone is 3. The van der Waals surface area contributed by atoms with Crippen LogP contribution in [0.25, 0.3) is 0 Å². The van der Waals surface area contributed by atoms with Crippen molar-refractivity contribution in [3.63, 3.8) is 0 Å². The van der Waals surface area contributed by atoms with Crippen molar-refractivity contribution in [1.82, 2.24) is 0 Å². The summed E-state index contributed by atoms with van der Waals surface area (Å²) in [4.78, 5) is 0. The molecule has 0 aromatic rings. The van der Waals surface area contributed by atoms with E-state index >= 15 is 0 Å². The molecule has 0 spiro atoms. The predicted molar refractivity (Wildman–Crippen MR) is 127 cm³/mol. The molecule has 0 N–H and O–H groups in total. The molecule has 31 heavy (non-hydrogen) atoms. The summed E-state index contributed by atoms with van der Waals surface area (Å²) >= 11 is 3.77. The summed E-state index contributed by atoms with van der Waals surface area (Å²) in [5.41, 5.74) is 3.64. The first-order chi connectivity index (χ1) is 14.9. The van der Waals surface area contributed by atoms with E-state index in [0.717, 1.165) is 30.0 Å². The fraction of sp³-hybridized carbons (Fsp3) is 0.846. The van der Waals surface area contributed by atoms with E-state index in [1.54, 1.807) is 19.8 Å². The second-order valence-corrected chi connectivity index (χ2v) is 11.5. The lowest BCUT2D eigenvalue weighted by molar-refractivity contribution is -0.163. The van der Waals surface area contributed by atoms with Crippen molar-refractivity contribution in [3.8, 4) is 0 Å². The maximum Gasteiger partial charge on any atom is 0.146 e. The average molecular weight is 498 g/mol. The first-order valence-electron chi connectivity index (χ1n) is 12.1. The fourth-order valence-electron chi connectivity index (χ4n) is 7.77. The van der Waals surface area contributed by atoms with E-state index in [1.165, 1.54) is 31.3 Å². The van der Waals surface area contributed by atoms with Crippen molar-refractivity contribution in [2.24, 2.45) is 34.5 Å². The maximum atomic E-state index is 6.36. The van der Waals surface area contributed by atoms with E-state index in [1.807, 2.05) is 0 Å². The minimum atomic E-state index is 0.0238. The normalized spacial score (nSPS) is 42.8. The first-order valence-corrected chi connectivity index (χ1v) is 13.2. The van der Waals surface area contributed by atoms with Crippen molar-refractivity contribution in [2.75, 3.05) is 33.1 Å². The van der Waals surface area contributed by atoms with Crippen LogP contribution < -0.4 is 0 Å². The van der Waals surface area contributed by atoms with Crippen LogP contribution in [0.5, 0.6) is 0 Å². The predicted octanol–water partition coefficient (Wildman–Crippen LogP) is 6.10. The van der Waals surface area contributed by atoms with Gasteiger partial charge >= 0.3 is 0 Å². The molecule has 4 aliphatic carbocycles. The molecule has 0 aromatic carbocycles. The molecule has 0 aromatic heterocycles. The zero-order chi connectivity index (χ0) is 22.2. The van der Waals surface area contributed by atoms with Gasteiger partial charge in [0.25, 0.3) is 0 Å². The zero-order valence-corrected chi connectivity index (χ0v) is 21.6. The Balaban J connectivity index is 1.65. The summed E-state index contributed by atoms with van der Waals surface area (Å²) in [6.45, 7) is 8.15. The van der Waals surface area contributed by atoms with Crippen LogP contribution in [-0.2, 0) is 18.9 Å². The van der Waals surface area contributed by atoms with Gasteiger partial charge in [-0.05, 0) is 61.2 Å². The Kier molecular flexibility index (Phi) is 7.40. The number of fused-ring (bicyclic) bond motifs is 5. The molecule has 4 rings (SSSR count). The third-order valence-corrected chi connectivity index (χ3v) is 10.4. The van der Waals surface area contributed by atoms with Gasteiger partial charge in [0, 0.05) is 31.4 Å². The van der Waals surface area contributed by atoms with Gasteiger partial charge in [-0.1, -0.05) is 60.0 Å². The monoisotopic (exact) mass is 496 g/mol. The molecule has 0 aliphatic heterocycles. The molecule has 176 valence electrons. The topological polar surface area (TPSA) is 36.9 Å². The third-order valence-electron chi connectivity index (χ3n) is 9.41. The average Bonchev–Trinajstić information content (AvgIpc) is 3.13. The van der Waals surface area contributed by atoms with E-state index in [0.29, 0.717) is 30.8 Å². The van der Waals surface area contributed by atoms with Crippen LogP contribution in [0.3, 0.4) is 0 Å². The fourth-order valence-corrected chi connectivity index (χ4v) is 8.22. The molecule has 4 nitrogen and oxygen atoms in total. The van der Waals surface area contributed by atoms with Crippen LogP contribution in [0.15, 0.2) is 23.3 Å². The van der Waals surface area contributed by atoms with Crippen molar-refractivity contribution in [3.05, 3.63) is 23.3 Å². The summed E-state index contributed by atoms with van der Waals surface area (Å²) in [6, 6.07) is 0. The third kappa shape index (κ3) is 4.01. The Labute approximate surface area is 197 Å². The van der Waals surface area contributed by atoms with Gasteiger partial charge in [0.15, 0.2) is 0 Å². The summed E-state index contributed by atoms with van der Waals surface area (Å²) in [7, 11) is 3.40. The standard InChI is InChI=1S/C26H41BrO4/c1-17(14-27)21-8-9-22-20-7-6-18-12-19(30-15-28-4)13-24(31-16-29-5)26(18,3)23(20)10-11-25(21,22)2/h6-7,17,19,21-24H,8-16H2,1-5H3/t17?,19?,21-,22+,23+,24?,25-,26+/m1/s1. The Morgan fingerprint density at radius 1 is 1.03 bits per heavy atom. The van der Waals surface area contributed by atoms with Gasteiger partial charge in [-0.15, -0.1) is 0 Å². The summed E-state index contributed by atoms with van der Waals surface area (Å²) in [5, 5.41) is 1.11. The highest BCUT2D eigenvalue weighted by Gasteiger charge is 2.59. The minimum Gasteiger partial charge on any atom is -0.359 e. The second-order valence-electron chi connectivity index (χ2n) is 10.8. The lowest BCUT2D eigenvalue weighted by atomic mass is 9.49. The number of hydrogen-bond acceptors (Lipinski definition) is 4. The van der Waals surface area contributed by atoms with Gasteiger partial charge in [0.1, 0.15) is 13.6 Å². The molecule has 0 heterocycles. The number of halogens is 1. The molecule has 0 amide bonds. The molecule has 0 bridgehead atoms.